The quantitative estimate of drug-likeness (QED) is 0.584. The highest BCUT2D eigenvalue weighted by Gasteiger charge is 2.14. The van der Waals surface area contributed by atoms with E-state index in [1.807, 2.05) is 0 Å². The van der Waals surface area contributed by atoms with Gasteiger partial charge in [-0.1, -0.05) is 0 Å². The Morgan fingerprint density at radius 1 is 1.29 bits per heavy atom. The minimum atomic E-state index is -0.558. The number of rotatable bonds is 7. The average Bonchev–Trinajstić information content (AvgIpc) is 3.06. The van der Waals surface area contributed by atoms with Crippen LogP contribution in [-0.2, 0) is 9.59 Å². The molecule has 0 bridgehead atoms. The number of carbonyl (C=O) groups excluding carboxylic acids is 2. The van der Waals surface area contributed by atoms with Gasteiger partial charge in [0.05, 0.1) is 23.8 Å². The van der Waals surface area contributed by atoms with Crippen molar-refractivity contribution in [1.29, 1.82) is 0 Å². The van der Waals surface area contributed by atoms with Gasteiger partial charge in [0.15, 0.2) is 5.13 Å². The number of carbonyl (C=O) groups is 2. The number of nitro benzene ring substituents is 1. The molecular weight excluding hydrogens is 336 g/mol. The average molecular weight is 350 g/mol. The molecule has 0 aliphatic heterocycles. The zero-order chi connectivity index (χ0) is 17.5. The van der Waals surface area contributed by atoms with E-state index in [2.05, 4.69) is 15.6 Å². The lowest BCUT2D eigenvalue weighted by molar-refractivity contribution is -0.384. The fourth-order valence-electron chi connectivity index (χ4n) is 1.80. The molecule has 1 aromatic heterocycles. The van der Waals surface area contributed by atoms with Crippen molar-refractivity contribution in [2.24, 2.45) is 0 Å². The number of hydrogen-bond acceptors (Lipinski definition) is 7. The van der Waals surface area contributed by atoms with Crippen molar-refractivity contribution in [2.75, 3.05) is 17.7 Å². The van der Waals surface area contributed by atoms with Crippen LogP contribution < -0.4 is 15.4 Å². The van der Waals surface area contributed by atoms with Gasteiger partial charge in [0, 0.05) is 30.5 Å². The van der Waals surface area contributed by atoms with Crippen molar-refractivity contribution in [3.8, 4) is 5.75 Å². The van der Waals surface area contributed by atoms with E-state index in [0.717, 1.165) is 0 Å². The van der Waals surface area contributed by atoms with Crippen molar-refractivity contribution in [3.63, 3.8) is 0 Å². The molecule has 0 radical (unpaired) electrons. The van der Waals surface area contributed by atoms with Gasteiger partial charge in [0.1, 0.15) is 5.75 Å². The summed E-state index contributed by atoms with van der Waals surface area (Å²) >= 11 is 1.28. The number of non-ortho nitro benzene ring substituents is 1. The van der Waals surface area contributed by atoms with Gasteiger partial charge in [0.2, 0.25) is 11.8 Å². The number of amides is 2. The lowest BCUT2D eigenvalue weighted by Gasteiger charge is -2.09. The third kappa shape index (κ3) is 4.74. The summed E-state index contributed by atoms with van der Waals surface area (Å²) in [7, 11) is 1.34. The summed E-state index contributed by atoms with van der Waals surface area (Å²) in [5, 5.41) is 18.1. The van der Waals surface area contributed by atoms with E-state index in [9.17, 15) is 19.7 Å². The molecule has 9 nitrogen and oxygen atoms in total. The summed E-state index contributed by atoms with van der Waals surface area (Å²) < 4.78 is 5.03. The molecule has 0 aliphatic rings. The Labute approximate surface area is 140 Å². The molecule has 0 saturated heterocycles. The van der Waals surface area contributed by atoms with E-state index in [0.29, 0.717) is 10.8 Å². The second-order valence-corrected chi connectivity index (χ2v) is 5.47. The van der Waals surface area contributed by atoms with Gasteiger partial charge in [-0.05, 0) is 6.07 Å². The van der Waals surface area contributed by atoms with E-state index < -0.39 is 10.8 Å². The van der Waals surface area contributed by atoms with Gasteiger partial charge in [0.25, 0.3) is 5.69 Å². The molecular formula is C14H14N4O5S. The number of hydrogen-bond donors (Lipinski definition) is 2. The Balaban J connectivity index is 1.90. The Morgan fingerprint density at radius 2 is 2.00 bits per heavy atom. The molecule has 24 heavy (non-hydrogen) atoms. The van der Waals surface area contributed by atoms with Crippen LogP contribution in [0.25, 0.3) is 0 Å². The predicted molar refractivity (Wildman–Crippen MR) is 88.3 cm³/mol. The summed E-state index contributed by atoms with van der Waals surface area (Å²) in [6.07, 6.45) is 1.51. The molecule has 2 rings (SSSR count). The molecule has 126 valence electrons. The number of benzene rings is 1. The number of nitrogens with zero attached hydrogens (tertiary/aromatic N) is 2. The number of thiazole rings is 1. The summed E-state index contributed by atoms with van der Waals surface area (Å²) in [6, 6.07) is 3.85. The number of anilines is 2. The van der Waals surface area contributed by atoms with Crippen molar-refractivity contribution in [3.05, 3.63) is 39.9 Å². The summed E-state index contributed by atoms with van der Waals surface area (Å²) in [5.41, 5.74) is 0.154. The lowest BCUT2D eigenvalue weighted by Crippen LogP contribution is -2.17. The number of aromatic nitrogens is 1. The maximum Gasteiger partial charge on any atom is 0.273 e. The normalized spacial score (nSPS) is 10.0. The van der Waals surface area contributed by atoms with Gasteiger partial charge in [-0.3, -0.25) is 19.7 Å². The highest BCUT2D eigenvalue weighted by atomic mass is 32.1. The van der Waals surface area contributed by atoms with Gasteiger partial charge < -0.3 is 15.4 Å². The minimum Gasteiger partial charge on any atom is -0.494 e. The van der Waals surface area contributed by atoms with E-state index in [-0.39, 0.29) is 30.2 Å². The Hall–Kier alpha value is -3.01. The first-order valence-electron chi connectivity index (χ1n) is 6.81. The first-order chi connectivity index (χ1) is 11.5. The summed E-state index contributed by atoms with van der Waals surface area (Å²) in [5.74, 6) is -0.558. The molecule has 0 atom stereocenters. The van der Waals surface area contributed by atoms with E-state index in [1.54, 1.807) is 11.6 Å². The predicted octanol–water partition coefficient (Wildman–Crippen LogP) is 2.42. The molecule has 10 heteroatoms. The molecule has 0 fully saturated rings. The zero-order valence-electron chi connectivity index (χ0n) is 12.6. The maximum atomic E-state index is 11.9. The molecule has 0 spiro atoms. The van der Waals surface area contributed by atoms with Crippen LogP contribution in [0.5, 0.6) is 5.75 Å². The molecule has 2 amide bonds. The van der Waals surface area contributed by atoms with Crippen LogP contribution in [0.4, 0.5) is 16.5 Å². The Morgan fingerprint density at radius 3 is 2.58 bits per heavy atom. The number of nitrogens with one attached hydrogen (secondary N) is 2. The zero-order valence-corrected chi connectivity index (χ0v) is 13.5. The van der Waals surface area contributed by atoms with Gasteiger partial charge >= 0.3 is 0 Å². The molecule has 2 N–H and O–H groups in total. The highest BCUT2D eigenvalue weighted by molar-refractivity contribution is 7.13. The largest absolute Gasteiger partial charge is 0.494 e. The molecule has 0 unspecified atom stereocenters. The minimum absolute atomic E-state index is 0.0132. The van der Waals surface area contributed by atoms with Crippen LogP contribution in [0.3, 0.4) is 0 Å². The van der Waals surface area contributed by atoms with Crippen molar-refractivity contribution in [2.45, 2.75) is 12.8 Å². The van der Waals surface area contributed by atoms with Crippen LogP contribution in [0.15, 0.2) is 29.8 Å². The van der Waals surface area contributed by atoms with Crippen molar-refractivity contribution >= 4 is 39.7 Å². The second-order valence-electron chi connectivity index (χ2n) is 4.58. The maximum absolute atomic E-state index is 11.9. The van der Waals surface area contributed by atoms with E-state index in [1.165, 1.54) is 36.6 Å². The third-order valence-electron chi connectivity index (χ3n) is 2.93. The highest BCUT2D eigenvalue weighted by Crippen LogP contribution is 2.29. The van der Waals surface area contributed by atoms with Gasteiger partial charge in [-0.15, -0.1) is 11.3 Å². The first kappa shape index (κ1) is 17.3. The fraction of sp³-hybridized carbons (Fsp3) is 0.214. The van der Waals surface area contributed by atoms with Gasteiger partial charge in [-0.2, -0.15) is 0 Å². The SMILES string of the molecule is COc1cc([N+](=O)[O-])ccc1NC(=O)CCC(=O)Nc1nccs1. The lowest BCUT2D eigenvalue weighted by atomic mass is 10.2. The summed E-state index contributed by atoms with van der Waals surface area (Å²) in [6.45, 7) is 0. The number of nitro groups is 1. The van der Waals surface area contributed by atoms with Crippen LogP contribution in [0.2, 0.25) is 0 Å². The monoisotopic (exact) mass is 350 g/mol. The van der Waals surface area contributed by atoms with Crippen LogP contribution >= 0.6 is 11.3 Å². The van der Waals surface area contributed by atoms with Crippen molar-refractivity contribution in [1.82, 2.24) is 4.98 Å². The third-order valence-corrected chi connectivity index (χ3v) is 3.62. The summed E-state index contributed by atoms with van der Waals surface area (Å²) in [4.78, 5) is 37.7. The first-order valence-corrected chi connectivity index (χ1v) is 7.69. The molecule has 1 heterocycles. The number of methoxy groups -OCH3 is 1. The fourth-order valence-corrected chi connectivity index (χ4v) is 2.35. The van der Waals surface area contributed by atoms with Crippen molar-refractivity contribution < 1.29 is 19.2 Å². The Bertz CT molecular complexity index is 748. The van der Waals surface area contributed by atoms with E-state index >= 15 is 0 Å². The van der Waals surface area contributed by atoms with E-state index in [4.69, 9.17) is 4.74 Å². The Kier molecular flexibility index (Phi) is 5.79. The van der Waals surface area contributed by atoms with Gasteiger partial charge in [-0.25, -0.2) is 4.98 Å². The smallest absolute Gasteiger partial charge is 0.273 e. The van der Waals surface area contributed by atoms with Crippen LogP contribution in [0, 0.1) is 10.1 Å². The molecule has 1 aromatic carbocycles. The number of ether oxygens (including phenoxy) is 1. The molecule has 0 saturated carbocycles. The molecule has 2 aromatic rings. The standard InChI is InChI=1S/C14H14N4O5S/c1-23-11-8-9(18(21)22)2-3-10(11)16-12(19)4-5-13(20)17-14-15-6-7-24-14/h2-3,6-8H,4-5H2,1H3,(H,16,19)(H,15,17,20). The second kappa shape index (κ2) is 8.02. The topological polar surface area (TPSA) is 123 Å². The molecule has 0 aliphatic carbocycles. The van der Waals surface area contributed by atoms with Crippen LogP contribution in [0.1, 0.15) is 12.8 Å². The van der Waals surface area contributed by atoms with Crippen LogP contribution in [-0.4, -0.2) is 28.8 Å².